The summed E-state index contributed by atoms with van der Waals surface area (Å²) < 4.78 is 5.63. The molecule has 0 radical (unpaired) electrons. The Hall–Kier alpha value is -1.74. The van der Waals surface area contributed by atoms with E-state index in [-0.39, 0.29) is 6.04 Å². The van der Waals surface area contributed by atoms with Gasteiger partial charge in [0.2, 0.25) is 0 Å². The van der Waals surface area contributed by atoms with Gasteiger partial charge in [-0.1, -0.05) is 25.1 Å². The Morgan fingerprint density at radius 2 is 1.95 bits per heavy atom. The molecule has 0 saturated carbocycles. The zero-order chi connectivity index (χ0) is 13.8. The van der Waals surface area contributed by atoms with Gasteiger partial charge in [0.25, 0.3) is 0 Å². The van der Waals surface area contributed by atoms with Crippen molar-refractivity contribution < 1.29 is 4.42 Å². The van der Waals surface area contributed by atoms with Crippen LogP contribution in [0.3, 0.4) is 0 Å². The van der Waals surface area contributed by atoms with Crippen molar-refractivity contribution in [2.24, 2.45) is 5.73 Å². The molecular weight excluding hydrogens is 236 g/mol. The van der Waals surface area contributed by atoms with Crippen LogP contribution in [0.15, 0.2) is 40.8 Å². The second-order valence-electron chi connectivity index (χ2n) is 4.94. The molecule has 2 N–H and O–H groups in total. The molecule has 2 aromatic rings. The average molecular weight is 258 g/mol. The summed E-state index contributed by atoms with van der Waals surface area (Å²) in [6.07, 6.45) is 0.935. The van der Waals surface area contributed by atoms with Crippen molar-refractivity contribution in [1.82, 2.24) is 0 Å². The summed E-state index contributed by atoms with van der Waals surface area (Å²) in [4.78, 5) is 2.18. The molecule has 0 amide bonds. The lowest BCUT2D eigenvalue weighted by Crippen LogP contribution is -2.20. The van der Waals surface area contributed by atoms with Crippen molar-refractivity contribution in [3.05, 3.63) is 53.5 Å². The molecule has 0 bridgehead atoms. The average Bonchev–Trinajstić information content (AvgIpc) is 2.83. The van der Waals surface area contributed by atoms with E-state index in [0.717, 1.165) is 24.5 Å². The molecule has 0 fully saturated rings. The zero-order valence-corrected chi connectivity index (χ0v) is 11.9. The summed E-state index contributed by atoms with van der Waals surface area (Å²) in [6, 6.07) is 12.4. The van der Waals surface area contributed by atoms with Crippen LogP contribution in [-0.2, 0) is 6.54 Å². The molecule has 0 saturated heterocycles. The van der Waals surface area contributed by atoms with Crippen molar-refractivity contribution in [3.8, 4) is 0 Å². The van der Waals surface area contributed by atoms with Gasteiger partial charge in [-0.2, -0.15) is 0 Å². The number of aryl methyl sites for hydroxylation is 1. The van der Waals surface area contributed by atoms with E-state index in [2.05, 4.69) is 31.0 Å². The lowest BCUT2D eigenvalue weighted by molar-refractivity contribution is 0.481. The van der Waals surface area contributed by atoms with Gasteiger partial charge in [-0.3, -0.25) is 0 Å². The van der Waals surface area contributed by atoms with Gasteiger partial charge in [-0.05, 0) is 37.1 Å². The third-order valence-electron chi connectivity index (χ3n) is 3.38. The maximum atomic E-state index is 6.18. The number of benzene rings is 1. The molecular formula is C16H22N2O. The van der Waals surface area contributed by atoms with Crippen molar-refractivity contribution in [2.45, 2.75) is 32.9 Å². The van der Waals surface area contributed by atoms with Gasteiger partial charge in [0, 0.05) is 18.8 Å². The largest absolute Gasteiger partial charge is 0.464 e. The van der Waals surface area contributed by atoms with Crippen LogP contribution >= 0.6 is 0 Å². The van der Waals surface area contributed by atoms with Crippen LogP contribution in [0.4, 0.5) is 5.69 Å². The number of para-hydroxylation sites is 1. The summed E-state index contributed by atoms with van der Waals surface area (Å²) in [6.45, 7) is 4.82. The van der Waals surface area contributed by atoms with E-state index in [4.69, 9.17) is 10.2 Å². The van der Waals surface area contributed by atoms with Gasteiger partial charge >= 0.3 is 0 Å². The Morgan fingerprint density at radius 1 is 1.21 bits per heavy atom. The predicted octanol–water partition coefficient (Wildman–Crippen LogP) is 3.63. The maximum Gasteiger partial charge on any atom is 0.123 e. The summed E-state index contributed by atoms with van der Waals surface area (Å²) in [5.41, 5.74) is 8.54. The highest BCUT2D eigenvalue weighted by molar-refractivity contribution is 5.54. The second kappa shape index (κ2) is 5.93. The van der Waals surface area contributed by atoms with Crippen molar-refractivity contribution >= 4 is 5.69 Å². The monoisotopic (exact) mass is 258 g/mol. The minimum absolute atomic E-state index is 0.0805. The van der Waals surface area contributed by atoms with Crippen LogP contribution < -0.4 is 10.6 Å². The first-order valence-electron chi connectivity index (χ1n) is 6.72. The summed E-state index contributed by atoms with van der Waals surface area (Å²) in [7, 11) is 2.07. The number of anilines is 1. The third-order valence-corrected chi connectivity index (χ3v) is 3.38. The van der Waals surface area contributed by atoms with E-state index in [9.17, 15) is 0 Å². The molecule has 1 aromatic heterocycles. The van der Waals surface area contributed by atoms with E-state index in [1.165, 1.54) is 11.3 Å². The minimum atomic E-state index is 0.0805. The first kappa shape index (κ1) is 13.7. The number of rotatable bonds is 5. The Morgan fingerprint density at radius 3 is 2.58 bits per heavy atom. The first-order valence-corrected chi connectivity index (χ1v) is 6.72. The van der Waals surface area contributed by atoms with E-state index >= 15 is 0 Å². The molecule has 1 aromatic carbocycles. The van der Waals surface area contributed by atoms with Gasteiger partial charge in [0.05, 0.1) is 6.54 Å². The molecule has 0 aliphatic heterocycles. The highest BCUT2D eigenvalue weighted by Gasteiger charge is 2.13. The Bertz CT molecular complexity index is 533. The quantitative estimate of drug-likeness (QED) is 0.890. The molecule has 102 valence electrons. The fraction of sp³-hybridized carbons (Fsp3) is 0.375. The predicted molar refractivity (Wildman–Crippen MR) is 79.2 cm³/mol. The van der Waals surface area contributed by atoms with Crippen molar-refractivity contribution in [3.63, 3.8) is 0 Å². The first-order chi connectivity index (χ1) is 9.11. The van der Waals surface area contributed by atoms with E-state index < -0.39 is 0 Å². The molecule has 0 aliphatic carbocycles. The molecule has 3 nitrogen and oxygen atoms in total. The number of nitrogens with two attached hydrogens (primary N) is 1. The van der Waals surface area contributed by atoms with Crippen LogP contribution in [0.25, 0.3) is 0 Å². The van der Waals surface area contributed by atoms with Crippen molar-refractivity contribution in [1.29, 1.82) is 0 Å². The zero-order valence-electron chi connectivity index (χ0n) is 11.9. The van der Waals surface area contributed by atoms with Crippen LogP contribution in [0.2, 0.25) is 0 Å². The molecule has 3 heteroatoms. The smallest absolute Gasteiger partial charge is 0.123 e. The number of hydrogen-bond donors (Lipinski definition) is 1. The van der Waals surface area contributed by atoms with Gasteiger partial charge in [0.15, 0.2) is 0 Å². The maximum absolute atomic E-state index is 6.18. The van der Waals surface area contributed by atoms with E-state index in [0.29, 0.717) is 0 Å². The van der Waals surface area contributed by atoms with Crippen LogP contribution in [0.1, 0.15) is 36.5 Å². The standard InChI is InChI=1S/C16H22N2O/c1-4-15(17)14-7-5-6-8-16(14)18(3)11-13-10-9-12(2)19-13/h5-10,15H,4,11,17H2,1-3H3/t15-/m0/s1. The lowest BCUT2D eigenvalue weighted by Gasteiger charge is -2.23. The van der Waals surface area contributed by atoms with Gasteiger partial charge in [-0.15, -0.1) is 0 Å². The van der Waals surface area contributed by atoms with Crippen molar-refractivity contribution in [2.75, 3.05) is 11.9 Å². The molecule has 19 heavy (non-hydrogen) atoms. The minimum Gasteiger partial charge on any atom is -0.464 e. The van der Waals surface area contributed by atoms with Crippen LogP contribution in [0.5, 0.6) is 0 Å². The molecule has 0 spiro atoms. The Labute approximate surface area is 115 Å². The fourth-order valence-corrected chi connectivity index (χ4v) is 2.26. The van der Waals surface area contributed by atoms with Gasteiger partial charge in [-0.25, -0.2) is 0 Å². The lowest BCUT2D eigenvalue weighted by atomic mass is 10.0. The second-order valence-corrected chi connectivity index (χ2v) is 4.94. The van der Waals surface area contributed by atoms with Gasteiger partial charge < -0.3 is 15.1 Å². The molecule has 2 rings (SSSR count). The summed E-state index contributed by atoms with van der Waals surface area (Å²) >= 11 is 0. The van der Waals surface area contributed by atoms with Gasteiger partial charge in [0.1, 0.15) is 11.5 Å². The molecule has 0 aliphatic rings. The number of hydrogen-bond acceptors (Lipinski definition) is 3. The summed E-state index contributed by atoms with van der Waals surface area (Å²) in [5, 5.41) is 0. The summed E-state index contributed by atoms with van der Waals surface area (Å²) in [5.74, 6) is 1.92. The highest BCUT2D eigenvalue weighted by atomic mass is 16.3. The Balaban J connectivity index is 2.21. The number of nitrogens with zero attached hydrogens (tertiary/aromatic N) is 1. The molecule has 1 atom stereocenters. The van der Waals surface area contributed by atoms with E-state index in [1.54, 1.807) is 0 Å². The normalized spacial score (nSPS) is 12.4. The third kappa shape index (κ3) is 3.18. The topological polar surface area (TPSA) is 42.4 Å². The SMILES string of the molecule is CC[C@H](N)c1ccccc1N(C)Cc1ccc(C)o1. The molecule has 1 heterocycles. The fourth-order valence-electron chi connectivity index (χ4n) is 2.26. The highest BCUT2D eigenvalue weighted by Crippen LogP contribution is 2.27. The van der Waals surface area contributed by atoms with Crippen LogP contribution in [0, 0.1) is 6.92 Å². The van der Waals surface area contributed by atoms with Crippen LogP contribution in [-0.4, -0.2) is 7.05 Å². The van der Waals surface area contributed by atoms with E-state index in [1.807, 2.05) is 31.2 Å². The Kier molecular flexibility index (Phi) is 4.27. The number of furan rings is 1. The molecule has 0 unspecified atom stereocenters.